The summed E-state index contributed by atoms with van der Waals surface area (Å²) >= 11 is 0. The summed E-state index contributed by atoms with van der Waals surface area (Å²) in [7, 11) is -2.50. The molecule has 0 saturated heterocycles. The van der Waals surface area contributed by atoms with Gasteiger partial charge in [0.1, 0.15) is 0 Å². The zero-order valence-electron chi connectivity index (χ0n) is 11.1. The SMILES string of the molecule is C[S@@](=O)(=Nc1ccccc1/C=C/C#N)c1ccccc1. The van der Waals surface area contributed by atoms with Gasteiger partial charge in [-0.25, -0.2) is 4.21 Å². The van der Waals surface area contributed by atoms with Crippen molar-refractivity contribution in [2.24, 2.45) is 4.36 Å². The maximum atomic E-state index is 12.7. The van der Waals surface area contributed by atoms with Gasteiger partial charge in [-0.15, -0.1) is 0 Å². The summed E-state index contributed by atoms with van der Waals surface area (Å²) in [5.41, 5.74) is 1.40. The van der Waals surface area contributed by atoms with Gasteiger partial charge in [0.05, 0.1) is 21.5 Å². The average molecular weight is 282 g/mol. The van der Waals surface area contributed by atoms with Gasteiger partial charge in [0.2, 0.25) is 0 Å². The van der Waals surface area contributed by atoms with Crippen LogP contribution in [0, 0.1) is 11.3 Å². The summed E-state index contributed by atoms with van der Waals surface area (Å²) in [5, 5.41) is 8.61. The molecule has 0 amide bonds. The van der Waals surface area contributed by atoms with Crippen molar-refractivity contribution in [3.63, 3.8) is 0 Å². The van der Waals surface area contributed by atoms with Crippen molar-refractivity contribution in [2.75, 3.05) is 6.26 Å². The molecule has 0 spiro atoms. The van der Waals surface area contributed by atoms with E-state index < -0.39 is 9.73 Å². The van der Waals surface area contributed by atoms with Crippen molar-refractivity contribution in [3.8, 4) is 6.07 Å². The third-order valence-electron chi connectivity index (χ3n) is 2.73. The van der Waals surface area contributed by atoms with Crippen molar-refractivity contribution in [1.82, 2.24) is 0 Å². The topological polar surface area (TPSA) is 53.2 Å². The van der Waals surface area contributed by atoms with Gasteiger partial charge in [-0.1, -0.05) is 36.4 Å². The van der Waals surface area contributed by atoms with Crippen molar-refractivity contribution in [3.05, 3.63) is 66.2 Å². The standard InChI is InChI=1S/C16H14N2OS/c1-20(19,15-10-3-2-4-11-15)18-16-12-6-5-8-14(16)9-7-13-17/h2-12H,1H3/b9-7+/t20-/m0/s1. The molecule has 0 aromatic heterocycles. The highest BCUT2D eigenvalue weighted by Gasteiger charge is 2.06. The number of allylic oxidation sites excluding steroid dienone is 1. The molecule has 0 unspecified atom stereocenters. The maximum absolute atomic E-state index is 12.7. The number of hydrogen-bond acceptors (Lipinski definition) is 3. The van der Waals surface area contributed by atoms with Gasteiger partial charge in [-0.3, -0.25) is 0 Å². The van der Waals surface area contributed by atoms with Crippen LogP contribution in [0.25, 0.3) is 6.08 Å². The Balaban J connectivity index is 2.54. The molecule has 2 rings (SSSR count). The molecular weight excluding hydrogens is 268 g/mol. The van der Waals surface area contributed by atoms with Gasteiger partial charge in [0.25, 0.3) is 0 Å². The Morgan fingerprint density at radius 2 is 1.75 bits per heavy atom. The largest absolute Gasteiger partial charge is 0.245 e. The molecule has 0 N–H and O–H groups in total. The maximum Gasteiger partial charge on any atom is 0.0912 e. The second-order valence-corrected chi connectivity index (χ2v) is 6.49. The van der Waals surface area contributed by atoms with Gasteiger partial charge >= 0.3 is 0 Å². The number of benzene rings is 2. The monoisotopic (exact) mass is 282 g/mol. The van der Waals surface area contributed by atoms with Crippen molar-refractivity contribution in [1.29, 1.82) is 5.26 Å². The van der Waals surface area contributed by atoms with Gasteiger partial charge in [0.15, 0.2) is 0 Å². The lowest BCUT2D eigenvalue weighted by molar-refractivity contribution is 0.681. The highest BCUT2D eigenvalue weighted by atomic mass is 32.2. The Hall–Kier alpha value is -2.38. The quantitative estimate of drug-likeness (QED) is 0.799. The van der Waals surface area contributed by atoms with Gasteiger partial charge < -0.3 is 0 Å². The first-order chi connectivity index (χ1) is 9.63. The molecule has 1 atom stereocenters. The Bertz CT molecular complexity index is 780. The Kier molecular flexibility index (Phi) is 4.34. The van der Waals surface area contributed by atoms with Crippen molar-refractivity contribution in [2.45, 2.75) is 4.90 Å². The van der Waals surface area contributed by atoms with E-state index in [1.54, 1.807) is 30.5 Å². The number of rotatable bonds is 3. The summed E-state index contributed by atoms with van der Waals surface area (Å²) < 4.78 is 17.1. The summed E-state index contributed by atoms with van der Waals surface area (Å²) in [6.45, 7) is 0. The molecule has 0 aliphatic carbocycles. The lowest BCUT2D eigenvalue weighted by Gasteiger charge is -2.06. The van der Waals surface area contributed by atoms with Crippen LogP contribution in [0.5, 0.6) is 0 Å². The predicted molar refractivity (Wildman–Crippen MR) is 82.0 cm³/mol. The lowest BCUT2D eigenvalue weighted by Crippen LogP contribution is -1.96. The molecule has 0 aliphatic heterocycles. The lowest BCUT2D eigenvalue weighted by atomic mass is 10.2. The zero-order valence-corrected chi connectivity index (χ0v) is 11.9. The predicted octanol–water partition coefficient (Wildman–Crippen LogP) is 4.01. The van der Waals surface area contributed by atoms with Crippen LogP contribution in [-0.2, 0) is 9.73 Å². The fourth-order valence-electron chi connectivity index (χ4n) is 1.75. The van der Waals surface area contributed by atoms with E-state index >= 15 is 0 Å². The Morgan fingerprint density at radius 3 is 2.45 bits per heavy atom. The summed E-state index contributed by atoms with van der Waals surface area (Å²) in [6.07, 6.45) is 4.67. The first-order valence-corrected chi connectivity index (χ1v) is 7.98. The summed E-state index contributed by atoms with van der Waals surface area (Å²) in [5.74, 6) is 0. The Morgan fingerprint density at radius 1 is 1.10 bits per heavy atom. The first kappa shape index (κ1) is 14.0. The molecule has 20 heavy (non-hydrogen) atoms. The van der Waals surface area contributed by atoms with Crippen LogP contribution < -0.4 is 0 Å². The van der Waals surface area contributed by atoms with Crippen molar-refractivity contribution < 1.29 is 4.21 Å². The second-order valence-electron chi connectivity index (χ2n) is 4.23. The van der Waals surface area contributed by atoms with Crippen LogP contribution in [0.15, 0.2) is 69.9 Å². The first-order valence-electron chi connectivity index (χ1n) is 6.06. The van der Waals surface area contributed by atoms with E-state index in [9.17, 15) is 4.21 Å². The van der Waals surface area contributed by atoms with E-state index in [4.69, 9.17) is 5.26 Å². The average Bonchev–Trinajstić information content (AvgIpc) is 2.47. The van der Waals surface area contributed by atoms with Crippen molar-refractivity contribution >= 4 is 21.5 Å². The van der Waals surface area contributed by atoms with Crippen LogP contribution in [0.2, 0.25) is 0 Å². The molecule has 0 saturated carbocycles. The van der Waals surface area contributed by atoms with E-state index in [1.165, 1.54) is 6.08 Å². The van der Waals surface area contributed by atoms with Crippen LogP contribution in [0.4, 0.5) is 5.69 Å². The highest BCUT2D eigenvalue weighted by molar-refractivity contribution is 7.93. The molecule has 0 bridgehead atoms. The summed E-state index contributed by atoms with van der Waals surface area (Å²) in [6, 6.07) is 18.4. The van der Waals surface area contributed by atoms with Gasteiger partial charge in [-0.05, 0) is 24.3 Å². The minimum absolute atomic E-state index is 0.621. The molecular formula is C16H14N2OS. The molecule has 0 heterocycles. The molecule has 0 radical (unpaired) electrons. The van der Waals surface area contributed by atoms with E-state index in [-0.39, 0.29) is 0 Å². The third kappa shape index (κ3) is 3.34. The Labute approximate surface area is 119 Å². The fourth-order valence-corrected chi connectivity index (χ4v) is 3.06. The molecule has 2 aromatic rings. The number of nitrogens with zero attached hydrogens (tertiary/aromatic N) is 2. The third-order valence-corrected chi connectivity index (χ3v) is 4.42. The zero-order chi connectivity index (χ0) is 14.4. The van der Waals surface area contributed by atoms with E-state index in [0.717, 1.165) is 5.56 Å². The molecule has 2 aromatic carbocycles. The van der Waals surface area contributed by atoms with E-state index in [0.29, 0.717) is 10.6 Å². The van der Waals surface area contributed by atoms with E-state index in [1.807, 2.05) is 42.5 Å². The van der Waals surface area contributed by atoms with Crippen LogP contribution in [0.3, 0.4) is 0 Å². The fraction of sp³-hybridized carbons (Fsp3) is 0.0625. The minimum atomic E-state index is -2.50. The van der Waals surface area contributed by atoms with Crippen LogP contribution in [-0.4, -0.2) is 10.5 Å². The van der Waals surface area contributed by atoms with E-state index in [2.05, 4.69) is 4.36 Å². The summed E-state index contributed by atoms with van der Waals surface area (Å²) in [4.78, 5) is 0.694. The molecule has 0 aliphatic rings. The molecule has 100 valence electrons. The van der Waals surface area contributed by atoms with Crippen LogP contribution >= 0.6 is 0 Å². The number of hydrogen-bond donors (Lipinski definition) is 0. The second kappa shape index (κ2) is 6.18. The number of nitriles is 1. The highest BCUT2D eigenvalue weighted by Crippen LogP contribution is 2.24. The van der Waals surface area contributed by atoms with Gasteiger partial charge in [0, 0.05) is 22.8 Å². The molecule has 4 heteroatoms. The minimum Gasteiger partial charge on any atom is -0.245 e. The molecule has 3 nitrogen and oxygen atoms in total. The smallest absolute Gasteiger partial charge is 0.0912 e. The van der Waals surface area contributed by atoms with Gasteiger partial charge in [-0.2, -0.15) is 9.62 Å². The molecule has 0 fully saturated rings. The van der Waals surface area contributed by atoms with Crippen LogP contribution in [0.1, 0.15) is 5.56 Å². The normalized spacial score (nSPS) is 13.6.